The Hall–Kier alpha value is -1.16. The highest BCUT2D eigenvalue weighted by molar-refractivity contribution is 6.35. The monoisotopic (exact) mass is 298 g/mol. The number of hydrogen-bond acceptors (Lipinski definition) is 2. The highest BCUT2D eigenvalue weighted by atomic mass is 35.5. The summed E-state index contributed by atoms with van der Waals surface area (Å²) >= 11 is 12.0. The molecule has 2 N–H and O–H groups in total. The largest absolute Gasteiger partial charge is 0.320 e. The van der Waals surface area contributed by atoms with E-state index in [1.807, 2.05) is 13.0 Å². The topological polar surface area (TPSA) is 38.9 Å². The van der Waals surface area contributed by atoms with Gasteiger partial charge in [0.1, 0.15) is 5.82 Å². The van der Waals surface area contributed by atoms with Crippen LogP contribution in [0.2, 0.25) is 10.0 Å². The molecule has 19 heavy (non-hydrogen) atoms. The van der Waals surface area contributed by atoms with E-state index in [2.05, 4.69) is 4.98 Å². The van der Waals surface area contributed by atoms with Crippen molar-refractivity contribution in [1.29, 1.82) is 0 Å². The van der Waals surface area contributed by atoms with Gasteiger partial charge in [0, 0.05) is 10.0 Å². The van der Waals surface area contributed by atoms with Crippen molar-refractivity contribution in [3.63, 3.8) is 0 Å². The molecule has 0 fully saturated rings. The number of benzene rings is 1. The summed E-state index contributed by atoms with van der Waals surface area (Å²) in [6, 6.07) is 8.19. The van der Waals surface area contributed by atoms with Gasteiger partial charge in [0.05, 0.1) is 17.4 Å². The van der Waals surface area contributed by atoms with E-state index < -0.39 is 5.54 Å². The second-order valence-corrected chi connectivity index (χ2v) is 5.54. The van der Waals surface area contributed by atoms with Crippen molar-refractivity contribution in [2.75, 3.05) is 0 Å². The van der Waals surface area contributed by atoms with Gasteiger partial charge in [-0.15, -0.1) is 0 Å². The van der Waals surface area contributed by atoms with E-state index in [4.69, 9.17) is 28.9 Å². The minimum Gasteiger partial charge on any atom is -0.320 e. The van der Waals surface area contributed by atoms with Crippen LogP contribution in [0.15, 0.2) is 36.5 Å². The summed E-state index contributed by atoms with van der Waals surface area (Å²) in [6.07, 6.45) is 1.64. The van der Waals surface area contributed by atoms with Gasteiger partial charge in [-0.25, -0.2) is 4.39 Å². The molecule has 0 bridgehead atoms. The first kappa shape index (κ1) is 14.3. The quantitative estimate of drug-likeness (QED) is 0.932. The Kier molecular flexibility index (Phi) is 4.09. The first-order valence-corrected chi connectivity index (χ1v) is 6.49. The number of aromatic nitrogens is 1. The van der Waals surface area contributed by atoms with E-state index in [0.717, 1.165) is 11.8 Å². The number of hydrogen-bond donors (Lipinski definition) is 1. The smallest absolute Gasteiger partial charge is 0.141 e. The van der Waals surface area contributed by atoms with Gasteiger partial charge in [-0.3, -0.25) is 4.98 Å². The number of pyridine rings is 1. The Morgan fingerprint density at radius 1 is 1.26 bits per heavy atom. The van der Waals surface area contributed by atoms with Crippen molar-refractivity contribution in [1.82, 2.24) is 4.98 Å². The second-order valence-electron chi connectivity index (χ2n) is 4.69. The van der Waals surface area contributed by atoms with E-state index in [-0.39, 0.29) is 5.82 Å². The summed E-state index contributed by atoms with van der Waals surface area (Å²) in [4.78, 5) is 4.02. The van der Waals surface area contributed by atoms with Crippen molar-refractivity contribution in [2.45, 2.75) is 18.9 Å². The number of halogens is 3. The molecule has 0 spiro atoms. The lowest BCUT2D eigenvalue weighted by atomic mass is 9.90. The predicted octanol–water partition coefficient (Wildman–Crippen LogP) is 3.94. The van der Waals surface area contributed by atoms with Crippen LogP contribution in [-0.2, 0) is 12.0 Å². The molecular weight excluding hydrogens is 286 g/mol. The first-order valence-electron chi connectivity index (χ1n) is 5.73. The summed E-state index contributed by atoms with van der Waals surface area (Å²) in [6.45, 7) is 1.83. The maximum atomic E-state index is 12.9. The van der Waals surface area contributed by atoms with E-state index in [9.17, 15) is 4.39 Å². The molecule has 0 saturated carbocycles. The van der Waals surface area contributed by atoms with Gasteiger partial charge in [-0.2, -0.15) is 0 Å². The van der Waals surface area contributed by atoms with Gasteiger partial charge in [0.25, 0.3) is 0 Å². The number of rotatable bonds is 3. The zero-order valence-corrected chi connectivity index (χ0v) is 11.8. The Labute approximate surface area is 121 Å². The van der Waals surface area contributed by atoms with Crippen LogP contribution in [0, 0.1) is 5.82 Å². The Bertz CT molecular complexity index is 582. The number of nitrogens with zero attached hydrogens (tertiary/aromatic N) is 1. The zero-order chi connectivity index (χ0) is 14.0. The van der Waals surface area contributed by atoms with E-state index in [0.29, 0.717) is 22.2 Å². The van der Waals surface area contributed by atoms with Crippen molar-refractivity contribution in [3.05, 3.63) is 63.6 Å². The van der Waals surface area contributed by atoms with Crippen molar-refractivity contribution >= 4 is 23.2 Å². The van der Waals surface area contributed by atoms with E-state index >= 15 is 0 Å². The maximum absolute atomic E-state index is 12.9. The molecule has 1 aromatic carbocycles. The molecule has 0 saturated heterocycles. The standard InChI is InChI=1S/C14H13Cl2FN2/c1-14(18,13-5-4-11(17)8-19-13)7-9-2-3-10(15)6-12(9)16/h2-6,8H,7,18H2,1H3. The van der Waals surface area contributed by atoms with Gasteiger partial charge in [-0.1, -0.05) is 29.3 Å². The molecule has 1 aromatic heterocycles. The normalized spacial score (nSPS) is 14.2. The molecule has 5 heteroatoms. The highest BCUT2D eigenvalue weighted by Gasteiger charge is 2.24. The van der Waals surface area contributed by atoms with Crippen LogP contribution in [0.3, 0.4) is 0 Å². The highest BCUT2D eigenvalue weighted by Crippen LogP contribution is 2.27. The van der Waals surface area contributed by atoms with Gasteiger partial charge >= 0.3 is 0 Å². The summed E-state index contributed by atoms with van der Waals surface area (Å²) in [5.41, 5.74) is 7.01. The first-order chi connectivity index (χ1) is 8.88. The molecular formula is C14H13Cl2FN2. The van der Waals surface area contributed by atoms with Crippen molar-refractivity contribution in [2.24, 2.45) is 5.73 Å². The summed E-state index contributed by atoms with van der Waals surface area (Å²) in [5, 5.41) is 1.14. The minimum absolute atomic E-state index is 0.385. The second kappa shape index (κ2) is 5.45. The van der Waals surface area contributed by atoms with Crippen LogP contribution in [0.4, 0.5) is 4.39 Å². The van der Waals surface area contributed by atoms with Gasteiger partial charge in [0.2, 0.25) is 0 Å². The number of nitrogens with two attached hydrogens (primary N) is 1. The average Bonchev–Trinajstić information content (AvgIpc) is 2.33. The van der Waals surface area contributed by atoms with Crippen molar-refractivity contribution in [3.8, 4) is 0 Å². The molecule has 1 heterocycles. The minimum atomic E-state index is -0.731. The van der Waals surface area contributed by atoms with Crippen molar-refractivity contribution < 1.29 is 4.39 Å². The zero-order valence-electron chi connectivity index (χ0n) is 10.3. The molecule has 2 nitrogen and oxygen atoms in total. The summed E-state index contributed by atoms with van der Waals surface area (Å²) in [5.74, 6) is -0.385. The van der Waals surface area contributed by atoms with Crippen LogP contribution in [0.1, 0.15) is 18.2 Å². The summed E-state index contributed by atoms with van der Waals surface area (Å²) < 4.78 is 12.9. The third kappa shape index (κ3) is 3.44. The fourth-order valence-corrected chi connectivity index (χ4v) is 2.34. The molecule has 100 valence electrons. The lowest BCUT2D eigenvalue weighted by Crippen LogP contribution is -2.36. The molecule has 0 aliphatic heterocycles. The predicted molar refractivity (Wildman–Crippen MR) is 75.9 cm³/mol. The van der Waals surface area contributed by atoms with Crippen LogP contribution in [0.25, 0.3) is 0 Å². The molecule has 0 aliphatic carbocycles. The fraction of sp³-hybridized carbons (Fsp3) is 0.214. The Morgan fingerprint density at radius 3 is 2.58 bits per heavy atom. The fourth-order valence-electron chi connectivity index (χ4n) is 1.86. The van der Waals surface area contributed by atoms with Gasteiger partial charge < -0.3 is 5.73 Å². The molecule has 2 aromatic rings. The lowest BCUT2D eigenvalue weighted by Gasteiger charge is -2.24. The van der Waals surface area contributed by atoms with Gasteiger partial charge in [-0.05, 0) is 43.2 Å². The maximum Gasteiger partial charge on any atom is 0.141 e. The molecule has 1 atom stereocenters. The molecule has 0 radical (unpaired) electrons. The molecule has 0 amide bonds. The van der Waals surface area contributed by atoms with Crippen LogP contribution >= 0.6 is 23.2 Å². The van der Waals surface area contributed by atoms with Crippen LogP contribution in [0.5, 0.6) is 0 Å². The summed E-state index contributed by atoms with van der Waals surface area (Å²) in [7, 11) is 0. The Morgan fingerprint density at radius 2 is 2.00 bits per heavy atom. The third-order valence-corrected chi connectivity index (χ3v) is 3.47. The SMILES string of the molecule is CC(N)(Cc1ccc(Cl)cc1Cl)c1ccc(F)cn1. The van der Waals surface area contributed by atoms with Crippen LogP contribution < -0.4 is 5.73 Å². The lowest BCUT2D eigenvalue weighted by molar-refractivity contribution is 0.473. The Balaban J connectivity index is 2.27. The van der Waals surface area contributed by atoms with E-state index in [1.165, 1.54) is 6.07 Å². The molecule has 0 aliphatic rings. The third-order valence-electron chi connectivity index (χ3n) is 2.89. The van der Waals surface area contributed by atoms with Gasteiger partial charge in [0.15, 0.2) is 0 Å². The van der Waals surface area contributed by atoms with Crippen LogP contribution in [-0.4, -0.2) is 4.98 Å². The molecule has 2 rings (SSSR count). The van der Waals surface area contributed by atoms with E-state index in [1.54, 1.807) is 18.2 Å². The average molecular weight is 299 g/mol. The molecule has 1 unspecified atom stereocenters.